The van der Waals surface area contributed by atoms with Gasteiger partial charge in [0.1, 0.15) is 11.8 Å². The summed E-state index contributed by atoms with van der Waals surface area (Å²) in [6.45, 7) is 0. The van der Waals surface area contributed by atoms with Gasteiger partial charge in [-0.2, -0.15) is 5.26 Å². The molecule has 0 aliphatic rings. The molecule has 0 radical (unpaired) electrons. The van der Waals surface area contributed by atoms with Crippen molar-refractivity contribution in [3.63, 3.8) is 0 Å². The van der Waals surface area contributed by atoms with Gasteiger partial charge in [0.05, 0.1) is 6.42 Å². The SMILES string of the molecule is N#Cc1ccc(CC(N)=O)cn1. The van der Waals surface area contributed by atoms with Crippen LogP contribution < -0.4 is 5.73 Å². The number of nitriles is 1. The third kappa shape index (κ3) is 2.06. The lowest BCUT2D eigenvalue weighted by molar-refractivity contribution is -0.117. The van der Waals surface area contributed by atoms with Crippen LogP contribution in [0.3, 0.4) is 0 Å². The van der Waals surface area contributed by atoms with E-state index in [9.17, 15) is 4.79 Å². The number of aromatic nitrogens is 1. The molecule has 0 aliphatic carbocycles. The van der Waals surface area contributed by atoms with Crippen molar-refractivity contribution in [1.29, 1.82) is 5.26 Å². The zero-order chi connectivity index (χ0) is 8.97. The van der Waals surface area contributed by atoms with Gasteiger partial charge < -0.3 is 5.73 Å². The fourth-order valence-corrected chi connectivity index (χ4v) is 0.796. The molecular weight excluding hydrogens is 154 g/mol. The minimum Gasteiger partial charge on any atom is -0.369 e. The van der Waals surface area contributed by atoms with Crippen molar-refractivity contribution in [2.24, 2.45) is 5.73 Å². The maximum atomic E-state index is 10.5. The van der Waals surface area contributed by atoms with Crippen LogP contribution in [0, 0.1) is 11.3 Å². The van der Waals surface area contributed by atoms with E-state index in [-0.39, 0.29) is 6.42 Å². The first-order valence-corrected chi connectivity index (χ1v) is 3.35. The van der Waals surface area contributed by atoms with Gasteiger partial charge in [-0.3, -0.25) is 4.79 Å². The van der Waals surface area contributed by atoms with Crippen LogP contribution >= 0.6 is 0 Å². The average molecular weight is 161 g/mol. The topological polar surface area (TPSA) is 79.8 Å². The number of amides is 1. The molecule has 0 aliphatic heterocycles. The highest BCUT2D eigenvalue weighted by atomic mass is 16.1. The first kappa shape index (κ1) is 8.21. The van der Waals surface area contributed by atoms with Crippen molar-refractivity contribution >= 4 is 5.91 Å². The molecule has 4 nitrogen and oxygen atoms in total. The molecule has 0 fully saturated rings. The summed E-state index contributed by atoms with van der Waals surface area (Å²) in [6.07, 6.45) is 1.64. The van der Waals surface area contributed by atoms with Crippen LogP contribution in [0.2, 0.25) is 0 Å². The summed E-state index contributed by atoms with van der Waals surface area (Å²) < 4.78 is 0. The Hall–Kier alpha value is -1.89. The summed E-state index contributed by atoms with van der Waals surface area (Å²) in [5.74, 6) is -0.401. The molecule has 0 saturated heterocycles. The fourth-order valence-electron chi connectivity index (χ4n) is 0.796. The molecule has 0 saturated carbocycles. The minimum absolute atomic E-state index is 0.165. The molecule has 1 amide bonds. The molecule has 0 aromatic carbocycles. The Morgan fingerprint density at radius 2 is 2.42 bits per heavy atom. The summed E-state index contributed by atoms with van der Waals surface area (Å²) >= 11 is 0. The smallest absolute Gasteiger partial charge is 0.221 e. The average Bonchev–Trinajstić information content (AvgIpc) is 2.05. The summed E-state index contributed by atoms with van der Waals surface area (Å²) in [5, 5.41) is 8.41. The Morgan fingerprint density at radius 3 is 2.83 bits per heavy atom. The molecule has 0 atom stereocenters. The monoisotopic (exact) mass is 161 g/mol. The highest BCUT2D eigenvalue weighted by Crippen LogP contribution is 1.99. The Bertz CT molecular complexity index is 323. The first-order chi connectivity index (χ1) is 5.72. The van der Waals surface area contributed by atoms with E-state index in [1.807, 2.05) is 6.07 Å². The zero-order valence-corrected chi connectivity index (χ0v) is 6.32. The Kier molecular flexibility index (Phi) is 2.38. The largest absolute Gasteiger partial charge is 0.369 e. The maximum absolute atomic E-state index is 10.5. The number of nitrogens with two attached hydrogens (primary N) is 1. The van der Waals surface area contributed by atoms with Crippen LogP contribution in [-0.4, -0.2) is 10.9 Å². The van der Waals surface area contributed by atoms with Crippen molar-refractivity contribution in [1.82, 2.24) is 4.98 Å². The van der Waals surface area contributed by atoms with Crippen LogP contribution in [-0.2, 0) is 11.2 Å². The molecule has 0 unspecified atom stereocenters. The molecule has 4 heteroatoms. The Balaban J connectivity index is 2.80. The fraction of sp³-hybridized carbons (Fsp3) is 0.125. The number of rotatable bonds is 2. The molecule has 1 rings (SSSR count). The summed E-state index contributed by atoms with van der Waals surface area (Å²) in [6, 6.07) is 5.10. The van der Waals surface area contributed by atoms with E-state index in [1.165, 1.54) is 6.20 Å². The van der Waals surface area contributed by atoms with Gasteiger partial charge in [-0.25, -0.2) is 4.98 Å². The van der Waals surface area contributed by atoms with Gasteiger partial charge in [-0.15, -0.1) is 0 Å². The molecule has 0 spiro atoms. The van der Waals surface area contributed by atoms with E-state index in [1.54, 1.807) is 12.1 Å². The van der Waals surface area contributed by atoms with Crippen molar-refractivity contribution in [2.45, 2.75) is 6.42 Å². The van der Waals surface area contributed by atoms with Gasteiger partial charge in [0, 0.05) is 6.20 Å². The van der Waals surface area contributed by atoms with E-state index in [0.29, 0.717) is 5.69 Å². The summed E-state index contributed by atoms with van der Waals surface area (Å²) in [4.78, 5) is 14.2. The normalized spacial score (nSPS) is 8.92. The van der Waals surface area contributed by atoms with Crippen molar-refractivity contribution in [3.05, 3.63) is 29.6 Å². The molecule has 2 N–H and O–H groups in total. The molecule has 1 aromatic heterocycles. The number of carbonyl (C=O) groups excluding carboxylic acids is 1. The van der Waals surface area contributed by atoms with Gasteiger partial charge in [0.25, 0.3) is 0 Å². The summed E-state index contributed by atoms with van der Waals surface area (Å²) in [7, 11) is 0. The second-order valence-electron chi connectivity index (χ2n) is 2.31. The molecule has 1 aromatic rings. The lowest BCUT2D eigenvalue weighted by Crippen LogP contribution is -2.13. The predicted octanol–water partition coefficient (Wildman–Crippen LogP) is -0.0189. The van der Waals surface area contributed by atoms with Gasteiger partial charge in [-0.1, -0.05) is 6.07 Å². The standard InChI is InChI=1S/C8H7N3O/c9-4-7-2-1-6(5-11-7)3-8(10)12/h1-2,5H,3H2,(H2,10,12). The van der Waals surface area contributed by atoms with Crippen LogP contribution in [0.4, 0.5) is 0 Å². The van der Waals surface area contributed by atoms with Crippen LogP contribution in [0.1, 0.15) is 11.3 Å². The van der Waals surface area contributed by atoms with E-state index in [4.69, 9.17) is 11.0 Å². The van der Waals surface area contributed by atoms with Crippen LogP contribution in [0.25, 0.3) is 0 Å². The third-order valence-electron chi connectivity index (χ3n) is 1.32. The van der Waals surface area contributed by atoms with Gasteiger partial charge >= 0.3 is 0 Å². The molecule has 60 valence electrons. The molecular formula is C8H7N3O. The number of nitrogens with zero attached hydrogens (tertiary/aromatic N) is 2. The van der Waals surface area contributed by atoms with E-state index in [0.717, 1.165) is 5.56 Å². The number of hydrogen-bond donors (Lipinski definition) is 1. The van der Waals surface area contributed by atoms with Gasteiger partial charge in [0.15, 0.2) is 0 Å². The zero-order valence-electron chi connectivity index (χ0n) is 6.32. The Morgan fingerprint density at radius 1 is 1.67 bits per heavy atom. The van der Waals surface area contributed by atoms with Gasteiger partial charge in [0.2, 0.25) is 5.91 Å². The molecule has 12 heavy (non-hydrogen) atoms. The number of hydrogen-bond acceptors (Lipinski definition) is 3. The van der Waals surface area contributed by atoms with Crippen LogP contribution in [0.5, 0.6) is 0 Å². The molecule has 0 bridgehead atoms. The quantitative estimate of drug-likeness (QED) is 0.662. The minimum atomic E-state index is -0.401. The lowest BCUT2D eigenvalue weighted by Gasteiger charge is -1.94. The van der Waals surface area contributed by atoms with Crippen molar-refractivity contribution < 1.29 is 4.79 Å². The van der Waals surface area contributed by atoms with Gasteiger partial charge in [-0.05, 0) is 11.6 Å². The number of pyridine rings is 1. The number of primary amides is 1. The summed E-state index contributed by atoms with van der Waals surface area (Å²) in [5.41, 5.74) is 6.02. The van der Waals surface area contributed by atoms with E-state index < -0.39 is 5.91 Å². The third-order valence-corrected chi connectivity index (χ3v) is 1.32. The Labute approximate surface area is 69.6 Å². The van der Waals surface area contributed by atoms with E-state index >= 15 is 0 Å². The first-order valence-electron chi connectivity index (χ1n) is 3.35. The van der Waals surface area contributed by atoms with Crippen LogP contribution in [0.15, 0.2) is 18.3 Å². The highest BCUT2D eigenvalue weighted by molar-refractivity contribution is 5.76. The number of carbonyl (C=O) groups is 1. The highest BCUT2D eigenvalue weighted by Gasteiger charge is 1.98. The maximum Gasteiger partial charge on any atom is 0.221 e. The predicted molar refractivity (Wildman–Crippen MR) is 41.9 cm³/mol. The second kappa shape index (κ2) is 3.49. The van der Waals surface area contributed by atoms with E-state index in [2.05, 4.69) is 4.98 Å². The second-order valence-corrected chi connectivity index (χ2v) is 2.31. The molecule has 1 heterocycles. The van der Waals surface area contributed by atoms with Crippen molar-refractivity contribution in [3.8, 4) is 6.07 Å². The lowest BCUT2D eigenvalue weighted by atomic mass is 10.2. The van der Waals surface area contributed by atoms with Crippen molar-refractivity contribution in [2.75, 3.05) is 0 Å².